The maximum atomic E-state index is 12.3. The Morgan fingerprint density at radius 2 is 0.633 bits per heavy atom. The normalized spacial score (nSPS) is 12.1. The van der Waals surface area contributed by atoms with E-state index in [-0.39, 0.29) is 25.2 Å². The Balaban J connectivity index is 3.45. The van der Waals surface area contributed by atoms with E-state index < -0.39 is 6.10 Å². The summed E-state index contributed by atoms with van der Waals surface area (Å²) in [5, 5.41) is 9.63. The lowest BCUT2D eigenvalue weighted by atomic mass is 10.0. The molecule has 0 aromatic heterocycles. The van der Waals surface area contributed by atoms with Crippen LogP contribution in [0.15, 0.2) is 12.2 Å². The molecule has 0 unspecified atom stereocenters. The van der Waals surface area contributed by atoms with E-state index in [1.54, 1.807) is 0 Å². The van der Waals surface area contributed by atoms with Gasteiger partial charge in [-0.3, -0.25) is 9.59 Å². The molecule has 0 aliphatic rings. The molecule has 0 amide bonds. The number of hydrogen-bond donors (Lipinski definition) is 1. The molecule has 0 saturated carbocycles. The van der Waals surface area contributed by atoms with Crippen LogP contribution in [0.3, 0.4) is 0 Å². The second-order valence-corrected chi connectivity index (χ2v) is 18.7. The number of aliphatic hydroxyl groups excluding tert-OH is 1. The molecule has 0 aliphatic carbocycles. The first-order valence-corrected chi connectivity index (χ1v) is 27.2. The SMILES string of the molecule is CCCCCCCCCCCCCCCCCCCC/C=C/CCCC(=O)OC[C@H](CO)OC(=O)CCCCCCCCCCCCCCCCCCCCCCCCC. The third-order valence-electron chi connectivity index (χ3n) is 12.6. The van der Waals surface area contributed by atoms with Crippen LogP contribution in [0.2, 0.25) is 0 Å². The lowest BCUT2D eigenvalue weighted by Crippen LogP contribution is -2.28. The summed E-state index contributed by atoms with van der Waals surface area (Å²) >= 11 is 0. The first kappa shape index (κ1) is 58.6. The zero-order valence-corrected chi connectivity index (χ0v) is 40.8. The van der Waals surface area contributed by atoms with Crippen molar-refractivity contribution in [3.05, 3.63) is 12.2 Å². The van der Waals surface area contributed by atoms with E-state index in [2.05, 4.69) is 26.0 Å². The predicted molar refractivity (Wildman–Crippen MR) is 261 cm³/mol. The zero-order valence-electron chi connectivity index (χ0n) is 40.8. The molecule has 0 aliphatic heterocycles. The third kappa shape index (κ3) is 49.3. The Morgan fingerprint density at radius 3 is 0.950 bits per heavy atom. The van der Waals surface area contributed by atoms with Crippen LogP contribution >= 0.6 is 0 Å². The van der Waals surface area contributed by atoms with Gasteiger partial charge in [-0.05, 0) is 32.1 Å². The van der Waals surface area contributed by atoms with Crippen LogP contribution in [0, 0.1) is 0 Å². The van der Waals surface area contributed by atoms with E-state index in [4.69, 9.17) is 9.47 Å². The van der Waals surface area contributed by atoms with Gasteiger partial charge in [0.05, 0.1) is 6.61 Å². The highest BCUT2D eigenvalue weighted by Gasteiger charge is 2.16. The second kappa shape index (κ2) is 52.0. The summed E-state index contributed by atoms with van der Waals surface area (Å²) in [6.45, 7) is 4.18. The number of ether oxygens (including phenoxy) is 2. The Labute approximate surface area is 375 Å². The molecular weight excluding hydrogens is 741 g/mol. The predicted octanol–water partition coefficient (Wildman–Crippen LogP) is 18.0. The van der Waals surface area contributed by atoms with Crippen LogP contribution in [0.1, 0.15) is 309 Å². The molecule has 0 rings (SSSR count). The summed E-state index contributed by atoms with van der Waals surface area (Å²) in [6, 6.07) is 0. The largest absolute Gasteiger partial charge is 0.462 e. The summed E-state index contributed by atoms with van der Waals surface area (Å²) in [5.41, 5.74) is 0. The number of unbranched alkanes of at least 4 members (excludes halogenated alkanes) is 41. The average molecular weight is 847 g/mol. The van der Waals surface area contributed by atoms with Crippen molar-refractivity contribution in [3.8, 4) is 0 Å². The molecule has 0 saturated heterocycles. The Hall–Kier alpha value is -1.36. The van der Waals surface area contributed by atoms with Gasteiger partial charge in [-0.25, -0.2) is 0 Å². The Kier molecular flexibility index (Phi) is 50.8. The van der Waals surface area contributed by atoms with Gasteiger partial charge in [0.25, 0.3) is 0 Å². The molecule has 5 nitrogen and oxygen atoms in total. The van der Waals surface area contributed by atoms with Gasteiger partial charge in [-0.2, -0.15) is 0 Å². The van der Waals surface area contributed by atoms with Crippen molar-refractivity contribution >= 4 is 11.9 Å². The smallest absolute Gasteiger partial charge is 0.306 e. The fraction of sp³-hybridized carbons (Fsp3) is 0.927. The molecule has 1 atom stereocenters. The minimum atomic E-state index is -0.778. The Morgan fingerprint density at radius 1 is 0.367 bits per heavy atom. The molecule has 1 N–H and O–H groups in total. The summed E-state index contributed by atoms with van der Waals surface area (Å²) in [4.78, 5) is 24.5. The molecule has 0 aromatic rings. The fourth-order valence-corrected chi connectivity index (χ4v) is 8.45. The number of aliphatic hydroxyl groups is 1. The first-order chi connectivity index (χ1) is 29.6. The van der Waals surface area contributed by atoms with Crippen molar-refractivity contribution in [2.45, 2.75) is 315 Å². The van der Waals surface area contributed by atoms with E-state index in [1.165, 1.54) is 244 Å². The highest BCUT2D eigenvalue weighted by atomic mass is 16.6. The Bertz CT molecular complexity index is 871. The molecule has 60 heavy (non-hydrogen) atoms. The van der Waals surface area contributed by atoms with E-state index in [0.29, 0.717) is 12.8 Å². The second-order valence-electron chi connectivity index (χ2n) is 18.7. The van der Waals surface area contributed by atoms with Crippen molar-refractivity contribution in [3.63, 3.8) is 0 Å². The van der Waals surface area contributed by atoms with Crippen molar-refractivity contribution in [2.75, 3.05) is 13.2 Å². The lowest BCUT2D eigenvalue weighted by Gasteiger charge is -2.15. The van der Waals surface area contributed by atoms with E-state index in [1.807, 2.05) is 0 Å². The number of allylic oxidation sites excluding steroid dienone is 2. The maximum absolute atomic E-state index is 12.3. The minimum Gasteiger partial charge on any atom is -0.462 e. The van der Waals surface area contributed by atoms with Gasteiger partial charge in [0.1, 0.15) is 6.61 Å². The van der Waals surface area contributed by atoms with E-state index in [9.17, 15) is 14.7 Å². The number of rotatable bonds is 51. The number of esters is 2. The van der Waals surface area contributed by atoms with Crippen LogP contribution in [0.4, 0.5) is 0 Å². The van der Waals surface area contributed by atoms with Crippen LogP contribution < -0.4 is 0 Å². The maximum Gasteiger partial charge on any atom is 0.306 e. The van der Waals surface area contributed by atoms with Crippen molar-refractivity contribution in [2.24, 2.45) is 0 Å². The molecule has 5 heteroatoms. The summed E-state index contributed by atoms with van der Waals surface area (Å²) in [6.07, 6.45) is 63.3. The van der Waals surface area contributed by atoms with Gasteiger partial charge < -0.3 is 14.6 Å². The van der Waals surface area contributed by atoms with Crippen LogP contribution in [0.25, 0.3) is 0 Å². The topological polar surface area (TPSA) is 72.8 Å². The average Bonchev–Trinajstić information content (AvgIpc) is 3.25. The summed E-state index contributed by atoms with van der Waals surface area (Å²) in [7, 11) is 0. The van der Waals surface area contributed by atoms with Gasteiger partial charge in [0.15, 0.2) is 6.10 Å². The van der Waals surface area contributed by atoms with Crippen LogP contribution in [-0.4, -0.2) is 36.4 Å². The monoisotopic (exact) mass is 847 g/mol. The van der Waals surface area contributed by atoms with E-state index in [0.717, 1.165) is 38.5 Å². The molecule has 0 spiro atoms. The van der Waals surface area contributed by atoms with Gasteiger partial charge in [0, 0.05) is 12.8 Å². The quantitative estimate of drug-likeness (QED) is 0.0375. The number of carbonyl (C=O) groups is 2. The van der Waals surface area contributed by atoms with Crippen molar-refractivity contribution in [1.82, 2.24) is 0 Å². The lowest BCUT2D eigenvalue weighted by molar-refractivity contribution is -0.161. The molecular formula is C55H106O5. The van der Waals surface area contributed by atoms with Crippen molar-refractivity contribution in [1.29, 1.82) is 0 Å². The first-order valence-electron chi connectivity index (χ1n) is 27.2. The van der Waals surface area contributed by atoms with Crippen LogP contribution in [-0.2, 0) is 19.1 Å². The molecule has 0 aromatic carbocycles. The fourth-order valence-electron chi connectivity index (χ4n) is 8.45. The van der Waals surface area contributed by atoms with Crippen molar-refractivity contribution < 1.29 is 24.2 Å². The third-order valence-corrected chi connectivity index (χ3v) is 12.6. The van der Waals surface area contributed by atoms with Gasteiger partial charge >= 0.3 is 11.9 Å². The van der Waals surface area contributed by atoms with Gasteiger partial charge in [-0.15, -0.1) is 0 Å². The zero-order chi connectivity index (χ0) is 43.5. The summed E-state index contributed by atoms with van der Waals surface area (Å²) < 4.78 is 10.7. The van der Waals surface area contributed by atoms with Crippen LogP contribution in [0.5, 0.6) is 0 Å². The molecule has 0 heterocycles. The highest BCUT2D eigenvalue weighted by molar-refractivity contribution is 5.70. The van der Waals surface area contributed by atoms with E-state index >= 15 is 0 Å². The molecule has 0 bridgehead atoms. The number of carbonyl (C=O) groups excluding carboxylic acids is 2. The van der Waals surface area contributed by atoms with Gasteiger partial charge in [-0.1, -0.05) is 276 Å². The number of hydrogen-bond acceptors (Lipinski definition) is 5. The molecule has 0 fully saturated rings. The molecule has 0 radical (unpaired) electrons. The minimum absolute atomic E-state index is 0.0737. The summed E-state index contributed by atoms with van der Waals surface area (Å²) in [5.74, 6) is -0.607. The van der Waals surface area contributed by atoms with Gasteiger partial charge in [0.2, 0.25) is 0 Å². The molecule has 356 valence electrons. The highest BCUT2D eigenvalue weighted by Crippen LogP contribution is 2.17. The standard InChI is InChI=1S/C55H106O5/c1-3-5-7-9-11-13-15-17-19-21-23-25-27-29-31-33-35-37-39-41-43-45-47-49-54(57)59-52-53(51-56)60-55(58)50-48-46-44-42-40-38-36-34-32-30-28-26-24-22-20-18-16-14-12-10-8-6-4-2/h41,43,53,56H,3-40,42,44-52H2,1-2H3/b43-41+/t53-/m0/s1.